The van der Waals surface area contributed by atoms with Crippen LogP contribution in [0.5, 0.6) is 0 Å². The van der Waals surface area contributed by atoms with Crippen LogP contribution in [0.25, 0.3) is 0 Å². The fourth-order valence-corrected chi connectivity index (χ4v) is 2.82. The molecule has 0 radical (unpaired) electrons. The molecule has 2 atom stereocenters. The summed E-state index contributed by atoms with van der Waals surface area (Å²) in [5.41, 5.74) is 7.03. The summed E-state index contributed by atoms with van der Waals surface area (Å²) in [7, 11) is 0. The Morgan fingerprint density at radius 2 is 1.41 bits per heavy atom. The number of hydrogen-bond acceptors (Lipinski definition) is 4. The molecular weight excluding hydrogens is 374 g/mol. The van der Waals surface area contributed by atoms with E-state index < -0.39 is 29.9 Å². The van der Waals surface area contributed by atoms with Crippen molar-refractivity contribution < 1.29 is 24.3 Å². The quantitative estimate of drug-likeness (QED) is 0.492. The Labute approximate surface area is 168 Å². The van der Waals surface area contributed by atoms with Crippen LogP contribution in [0.15, 0.2) is 54.6 Å². The molecule has 0 spiro atoms. The van der Waals surface area contributed by atoms with E-state index in [1.807, 2.05) is 30.3 Å². The zero-order valence-electron chi connectivity index (χ0n) is 15.9. The third-order valence-corrected chi connectivity index (χ3v) is 4.28. The monoisotopic (exact) mass is 397 g/mol. The second-order valence-electron chi connectivity index (χ2n) is 6.61. The highest BCUT2D eigenvalue weighted by Gasteiger charge is 2.25. The second-order valence-corrected chi connectivity index (χ2v) is 6.61. The van der Waals surface area contributed by atoms with Gasteiger partial charge in [-0.3, -0.25) is 14.4 Å². The Hall–Kier alpha value is -3.68. The van der Waals surface area contributed by atoms with Crippen molar-refractivity contribution in [2.24, 2.45) is 5.73 Å². The zero-order valence-corrected chi connectivity index (χ0v) is 15.9. The fraction of sp³-hybridized carbons (Fsp3) is 0.238. The molecule has 8 heteroatoms. The van der Waals surface area contributed by atoms with Crippen molar-refractivity contribution in [3.63, 3.8) is 0 Å². The number of carboxylic acid groups (broad SMARTS) is 1. The maximum absolute atomic E-state index is 12.7. The van der Waals surface area contributed by atoms with E-state index in [2.05, 4.69) is 10.6 Å². The van der Waals surface area contributed by atoms with E-state index in [0.29, 0.717) is 5.56 Å². The van der Waals surface area contributed by atoms with E-state index in [-0.39, 0.29) is 24.3 Å². The van der Waals surface area contributed by atoms with Gasteiger partial charge in [0, 0.05) is 19.8 Å². The first-order valence-electron chi connectivity index (χ1n) is 8.99. The molecule has 0 aromatic heterocycles. The number of nitrogens with two attached hydrogens (primary N) is 1. The highest BCUT2D eigenvalue weighted by atomic mass is 16.4. The molecule has 0 heterocycles. The van der Waals surface area contributed by atoms with Gasteiger partial charge in [0.05, 0.1) is 5.56 Å². The molecule has 0 saturated heterocycles. The molecular formula is C21H23N3O5. The van der Waals surface area contributed by atoms with E-state index in [9.17, 15) is 19.2 Å². The minimum atomic E-state index is -1.06. The molecule has 0 saturated carbocycles. The van der Waals surface area contributed by atoms with Crippen LogP contribution in [0.3, 0.4) is 0 Å². The van der Waals surface area contributed by atoms with Crippen LogP contribution in [0.2, 0.25) is 0 Å². The minimum Gasteiger partial charge on any atom is -0.478 e. The molecule has 2 rings (SSSR count). The van der Waals surface area contributed by atoms with Gasteiger partial charge >= 0.3 is 5.97 Å². The fourth-order valence-electron chi connectivity index (χ4n) is 2.82. The van der Waals surface area contributed by atoms with E-state index in [4.69, 9.17) is 10.8 Å². The summed E-state index contributed by atoms with van der Waals surface area (Å²) >= 11 is 0. The van der Waals surface area contributed by atoms with Gasteiger partial charge < -0.3 is 21.5 Å². The molecule has 0 aliphatic rings. The minimum absolute atomic E-state index is 0.0963. The first-order chi connectivity index (χ1) is 13.8. The average Bonchev–Trinajstić information content (AvgIpc) is 2.67. The number of rotatable bonds is 9. The summed E-state index contributed by atoms with van der Waals surface area (Å²) in [6, 6.07) is 13.2. The third-order valence-electron chi connectivity index (χ3n) is 4.28. The lowest BCUT2D eigenvalue weighted by molar-refractivity contribution is -0.130. The Balaban J connectivity index is 2.11. The molecule has 0 aliphatic heterocycles. The summed E-state index contributed by atoms with van der Waals surface area (Å²) in [5, 5.41) is 14.1. The van der Waals surface area contributed by atoms with Crippen molar-refractivity contribution in [3.05, 3.63) is 71.3 Å². The molecule has 3 amide bonds. The van der Waals surface area contributed by atoms with Gasteiger partial charge in [-0.05, 0) is 23.3 Å². The number of benzene rings is 2. The lowest BCUT2D eigenvalue weighted by atomic mass is 10.0. The van der Waals surface area contributed by atoms with Crippen LogP contribution in [-0.4, -0.2) is 40.9 Å². The highest BCUT2D eigenvalue weighted by molar-refractivity contribution is 5.91. The first-order valence-corrected chi connectivity index (χ1v) is 8.99. The second kappa shape index (κ2) is 10.0. The number of hydrogen-bond donors (Lipinski definition) is 4. The van der Waals surface area contributed by atoms with Crippen LogP contribution < -0.4 is 16.4 Å². The van der Waals surface area contributed by atoms with Crippen molar-refractivity contribution in [1.29, 1.82) is 0 Å². The molecule has 2 aromatic carbocycles. The molecule has 2 aromatic rings. The van der Waals surface area contributed by atoms with Crippen LogP contribution in [0, 0.1) is 0 Å². The summed E-state index contributed by atoms with van der Waals surface area (Å²) < 4.78 is 0. The Morgan fingerprint density at radius 1 is 0.862 bits per heavy atom. The number of carboxylic acids is 1. The maximum atomic E-state index is 12.7. The molecule has 29 heavy (non-hydrogen) atoms. The van der Waals surface area contributed by atoms with E-state index >= 15 is 0 Å². The molecule has 8 nitrogen and oxygen atoms in total. The largest absolute Gasteiger partial charge is 0.478 e. The standard InChI is InChI=1S/C21H23N3O5/c1-13(25)23-18(12-14-5-3-2-4-6-14)20(27)24-17(19(22)26)11-15-7-9-16(10-8-15)21(28)29/h2-10,17-18H,11-12H2,1H3,(H2,22,26)(H,23,25)(H,24,27)(H,28,29)/t17-,18+/m0/s1. The normalized spacial score (nSPS) is 12.4. The van der Waals surface area contributed by atoms with Crippen LogP contribution >= 0.6 is 0 Å². The van der Waals surface area contributed by atoms with Gasteiger partial charge in [0.2, 0.25) is 17.7 Å². The predicted octanol–water partition coefficient (Wildman–Crippen LogP) is 0.645. The molecule has 5 N–H and O–H groups in total. The van der Waals surface area contributed by atoms with Crippen LogP contribution in [0.4, 0.5) is 0 Å². The number of nitrogens with one attached hydrogen (secondary N) is 2. The molecule has 0 unspecified atom stereocenters. The van der Waals surface area contributed by atoms with Crippen LogP contribution in [-0.2, 0) is 27.2 Å². The number of amides is 3. The third kappa shape index (κ3) is 6.76. The number of aromatic carboxylic acids is 1. The Kier molecular flexibility index (Phi) is 7.47. The van der Waals surface area contributed by atoms with Crippen LogP contribution in [0.1, 0.15) is 28.4 Å². The smallest absolute Gasteiger partial charge is 0.335 e. The van der Waals surface area contributed by atoms with E-state index in [0.717, 1.165) is 5.56 Å². The first kappa shape index (κ1) is 21.6. The van der Waals surface area contributed by atoms with E-state index in [1.54, 1.807) is 12.1 Å². The average molecular weight is 397 g/mol. The number of primary amides is 1. The lowest BCUT2D eigenvalue weighted by Gasteiger charge is -2.22. The van der Waals surface area contributed by atoms with Crippen molar-refractivity contribution >= 4 is 23.7 Å². The molecule has 0 aliphatic carbocycles. The highest BCUT2D eigenvalue weighted by Crippen LogP contribution is 2.09. The zero-order chi connectivity index (χ0) is 21.4. The Bertz CT molecular complexity index is 881. The van der Waals surface area contributed by atoms with Gasteiger partial charge in [0.15, 0.2) is 0 Å². The lowest BCUT2D eigenvalue weighted by Crippen LogP contribution is -2.54. The summed E-state index contributed by atoms with van der Waals surface area (Å²) in [6.45, 7) is 1.31. The van der Waals surface area contributed by atoms with Crippen molar-refractivity contribution in [1.82, 2.24) is 10.6 Å². The number of carbonyl (C=O) groups is 4. The molecule has 152 valence electrons. The van der Waals surface area contributed by atoms with Crippen molar-refractivity contribution in [2.75, 3.05) is 0 Å². The van der Waals surface area contributed by atoms with Crippen molar-refractivity contribution in [3.8, 4) is 0 Å². The summed E-state index contributed by atoms with van der Waals surface area (Å²) in [6.07, 6.45) is 0.351. The van der Waals surface area contributed by atoms with Gasteiger partial charge in [-0.2, -0.15) is 0 Å². The number of carbonyl (C=O) groups excluding carboxylic acids is 3. The van der Waals surface area contributed by atoms with Gasteiger partial charge in [-0.15, -0.1) is 0 Å². The predicted molar refractivity (Wildman–Crippen MR) is 106 cm³/mol. The molecule has 0 bridgehead atoms. The Morgan fingerprint density at radius 3 is 1.93 bits per heavy atom. The topological polar surface area (TPSA) is 139 Å². The van der Waals surface area contributed by atoms with Gasteiger partial charge in [0.25, 0.3) is 0 Å². The van der Waals surface area contributed by atoms with Gasteiger partial charge in [-0.25, -0.2) is 4.79 Å². The SMILES string of the molecule is CC(=O)N[C@H](Cc1ccccc1)C(=O)N[C@@H](Cc1ccc(C(=O)O)cc1)C(N)=O. The van der Waals surface area contributed by atoms with Crippen molar-refractivity contribution in [2.45, 2.75) is 31.8 Å². The summed E-state index contributed by atoms with van der Waals surface area (Å²) in [4.78, 5) is 47.0. The van der Waals surface area contributed by atoms with Gasteiger partial charge in [-0.1, -0.05) is 42.5 Å². The van der Waals surface area contributed by atoms with E-state index in [1.165, 1.54) is 19.1 Å². The molecule has 0 fully saturated rings. The maximum Gasteiger partial charge on any atom is 0.335 e. The summed E-state index contributed by atoms with van der Waals surface area (Å²) in [5.74, 6) is -2.70. The van der Waals surface area contributed by atoms with Gasteiger partial charge in [0.1, 0.15) is 12.1 Å².